The monoisotopic (exact) mass is 304 g/mol. The molecule has 1 saturated heterocycles. The molecule has 1 amide bonds. The minimum absolute atomic E-state index is 0.0588. The Hall–Kier alpha value is -2.15. The Morgan fingerprint density at radius 2 is 2.41 bits per heavy atom. The number of aromatic nitrogens is 2. The second-order valence-corrected chi connectivity index (χ2v) is 5.63. The first-order chi connectivity index (χ1) is 10.6. The van der Waals surface area contributed by atoms with Crippen LogP contribution in [-0.2, 0) is 11.3 Å². The summed E-state index contributed by atoms with van der Waals surface area (Å²) in [5, 5.41) is 3.99. The number of hydrogen-bond acceptors (Lipinski definition) is 6. The van der Waals surface area contributed by atoms with Crippen LogP contribution in [0.5, 0.6) is 0 Å². The summed E-state index contributed by atoms with van der Waals surface area (Å²) in [6, 6.07) is 3.76. The Kier molecular flexibility index (Phi) is 4.24. The average Bonchev–Trinajstić information content (AvgIpc) is 3.20. The van der Waals surface area contributed by atoms with Crippen LogP contribution in [0, 0.1) is 6.92 Å². The number of carbonyl (C=O) groups excluding carboxylic acids is 1. The number of likely N-dealkylation sites (N-methyl/N-ethyl adjacent to an activating group) is 1. The highest BCUT2D eigenvalue weighted by Crippen LogP contribution is 2.29. The quantitative estimate of drug-likeness (QED) is 0.838. The third-order valence-corrected chi connectivity index (χ3v) is 3.94. The fourth-order valence-electron chi connectivity index (χ4n) is 2.78. The van der Waals surface area contributed by atoms with Crippen molar-refractivity contribution in [2.75, 3.05) is 20.1 Å². The van der Waals surface area contributed by atoms with Crippen LogP contribution in [0.1, 0.15) is 36.4 Å². The van der Waals surface area contributed by atoms with E-state index >= 15 is 0 Å². The van der Waals surface area contributed by atoms with Crippen molar-refractivity contribution in [3.05, 3.63) is 35.9 Å². The van der Waals surface area contributed by atoms with E-state index in [9.17, 15) is 4.79 Å². The third kappa shape index (κ3) is 3.19. The third-order valence-electron chi connectivity index (χ3n) is 3.94. The Labute approximate surface area is 128 Å². The number of hydrogen-bond donors (Lipinski definition) is 0. The van der Waals surface area contributed by atoms with Crippen molar-refractivity contribution >= 4 is 5.91 Å². The van der Waals surface area contributed by atoms with Gasteiger partial charge in [0.15, 0.2) is 5.82 Å². The Balaban J connectivity index is 1.60. The van der Waals surface area contributed by atoms with E-state index in [4.69, 9.17) is 8.94 Å². The van der Waals surface area contributed by atoms with Gasteiger partial charge in [-0.15, -0.1) is 0 Å². The van der Waals surface area contributed by atoms with Crippen molar-refractivity contribution in [3.63, 3.8) is 0 Å². The average molecular weight is 304 g/mol. The molecule has 0 aliphatic carbocycles. The lowest BCUT2D eigenvalue weighted by Gasteiger charge is -2.24. The van der Waals surface area contributed by atoms with Crippen molar-refractivity contribution in [3.8, 4) is 0 Å². The molecule has 0 saturated carbocycles. The van der Waals surface area contributed by atoms with Gasteiger partial charge in [0.1, 0.15) is 5.76 Å². The summed E-state index contributed by atoms with van der Waals surface area (Å²) in [5.41, 5.74) is 0. The van der Waals surface area contributed by atoms with E-state index in [0.717, 1.165) is 25.1 Å². The number of likely N-dealkylation sites (tertiary alicyclic amines) is 1. The zero-order valence-electron chi connectivity index (χ0n) is 12.9. The van der Waals surface area contributed by atoms with Gasteiger partial charge in [0.05, 0.1) is 25.4 Å². The Morgan fingerprint density at radius 1 is 1.55 bits per heavy atom. The summed E-state index contributed by atoms with van der Waals surface area (Å²) < 4.78 is 10.3. The number of aryl methyl sites for hydroxylation is 1. The van der Waals surface area contributed by atoms with Crippen molar-refractivity contribution in [1.82, 2.24) is 19.9 Å². The smallest absolute Gasteiger partial charge is 0.236 e. The molecule has 118 valence electrons. The van der Waals surface area contributed by atoms with Gasteiger partial charge in [0, 0.05) is 14.0 Å². The maximum Gasteiger partial charge on any atom is 0.236 e. The fraction of sp³-hybridized carbons (Fsp3) is 0.533. The van der Waals surface area contributed by atoms with Crippen LogP contribution in [0.3, 0.4) is 0 Å². The van der Waals surface area contributed by atoms with E-state index in [1.165, 1.54) is 0 Å². The van der Waals surface area contributed by atoms with Crippen LogP contribution in [0.25, 0.3) is 0 Å². The van der Waals surface area contributed by atoms with Gasteiger partial charge < -0.3 is 13.8 Å². The fourth-order valence-corrected chi connectivity index (χ4v) is 2.78. The van der Waals surface area contributed by atoms with Gasteiger partial charge in [-0.1, -0.05) is 5.16 Å². The molecule has 2 aromatic rings. The van der Waals surface area contributed by atoms with E-state index in [-0.39, 0.29) is 11.9 Å². The van der Waals surface area contributed by atoms with Crippen LogP contribution >= 0.6 is 0 Å². The normalized spacial score (nSPS) is 18.7. The molecule has 3 heterocycles. The van der Waals surface area contributed by atoms with Crippen LogP contribution in [0.4, 0.5) is 0 Å². The molecule has 0 bridgehead atoms. The molecule has 0 aromatic carbocycles. The molecular formula is C15H20N4O3. The van der Waals surface area contributed by atoms with Crippen LogP contribution < -0.4 is 0 Å². The molecule has 3 rings (SSSR count). The molecule has 1 aliphatic heterocycles. The first-order valence-electron chi connectivity index (χ1n) is 7.44. The standard InChI is InChI=1S/C15H20N4O3/c1-11-16-15(17-22-11)13-6-3-7-19(13)10-14(20)18(2)9-12-5-4-8-21-12/h4-5,8,13H,3,6-7,9-10H2,1-2H3/t13-/m1/s1. The minimum Gasteiger partial charge on any atom is -0.467 e. The number of nitrogens with zero attached hydrogens (tertiary/aromatic N) is 4. The van der Waals surface area contributed by atoms with Gasteiger partial charge in [-0.2, -0.15) is 4.98 Å². The zero-order chi connectivity index (χ0) is 15.5. The van der Waals surface area contributed by atoms with Gasteiger partial charge in [0.25, 0.3) is 0 Å². The second kappa shape index (κ2) is 6.31. The Bertz CT molecular complexity index is 623. The van der Waals surface area contributed by atoms with Crippen molar-refractivity contribution in [2.45, 2.75) is 32.4 Å². The minimum atomic E-state index is 0.0588. The maximum absolute atomic E-state index is 12.4. The predicted molar refractivity (Wildman–Crippen MR) is 77.8 cm³/mol. The molecule has 2 aromatic heterocycles. The maximum atomic E-state index is 12.4. The number of rotatable bonds is 5. The van der Waals surface area contributed by atoms with Crippen molar-refractivity contribution in [2.24, 2.45) is 0 Å². The van der Waals surface area contributed by atoms with E-state index in [0.29, 0.717) is 24.8 Å². The van der Waals surface area contributed by atoms with E-state index in [1.54, 1.807) is 25.1 Å². The summed E-state index contributed by atoms with van der Waals surface area (Å²) in [6.07, 6.45) is 3.60. The van der Waals surface area contributed by atoms with Crippen LogP contribution in [0.15, 0.2) is 27.3 Å². The molecule has 1 atom stereocenters. The molecule has 7 nitrogen and oxygen atoms in total. The molecule has 0 radical (unpaired) electrons. The zero-order valence-corrected chi connectivity index (χ0v) is 12.9. The lowest BCUT2D eigenvalue weighted by atomic mass is 10.2. The number of amides is 1. The highest BCUT2D eigenvalue weighted by atomic mass is 16.5. The Morgan fingerprint density at radius 3 is 3.09 bits per heavy atom. The highest BCUT2D eigenvalue weighted by molar-refractivity contribution is 5.78. The summed E-state index contributed by atoms with van der Waals surface area (Å²) in [6.45, 7) is 3.48. The van der Waals surface area contributed by atoms with Gasteiger partial charge in [0.2, 0.25) is 11.8 Å². The largest absolute Gasteiger partial charge is 0.467 e. The van der Waals surface area contributed by atoms with E-state index in [2.05, 4.69) is 15.0 Å². The van der Waals surface area contributed by atoms with Gasteiger partial charge in [-0.05, 0) is 31.5 Å². The summed E-state index contributed by atoms with van der Waals surface area (Å²) in [7, 11) is 1.79. The molecule has 0 unspecified atom stereocenters. The lowest BCUT2D eigenvalue weighted by Crippen LogP contribution is -2.38. The predicted octanol–water partition coefficient (Wildman–Crippen LogP) is 1.77. The molecule has 0 spiro atoms. The molecule has 1 fully saturated rings. The van der Waals surface area contributed by atoms with Crippen LogP contribution in [0.2, 0.25) is 0 Å². The van der Waals surface area contributed by atoms with Gasteiger partial charge in [-0.25, -0.2) is 0 Å². The molecule has 7 heteroatoms. The van der Waals surface area contributed by atoms with Crippen molar-refractivity contribution < 1.29 is 13.7 Å². The van der Waals surface area contributed by atoms with Gasteiger partial charge in [-0.3, -0.25) is 9.69 Å². The second-order valence-electron chi connectivity index (χ2n) is 5.63. The lowest BCUT2D eigenvalue weighted by molar-refractivity contribution is -0.132. The first kappa shape index (κ1) is 14.8. The first-order valence-corrected chi connectivity index (χ1v) is 7.44. The van der Waals surface area contributed by atoms with Gasteiger partial charge >= 0.3 is 0 Å². The van der Waals surface area contributed by atoms with Crippen molar-refractivity contribution in [1.29, 1.82) is 0 Å². The molecule has 0 N–H and O–H groups in total. The highest BCUT2D eigenvalue weighted by Gasteiger charge is 2.31. The molecular weight excluding hydrogens is 284 g/mol. The molecule has 22 heavy (non-hydrogen) atoms. The van der Waals surface area contributed by atoms with E-state index < -0.39 is 0 Å². The summed E-state index contributed by atoms with van der Waals surface area (Å²) in [4.78, 5) is 20.5. The summed E-state index contributed by atoms with van der Waals surface area (Å²) in [5.74, 6) is 2.07. The topological polar surface area (TPSA) is 75.6 Å². The number of carbonyl (C=O) groups is 1. The molecule has 1 aliphatic rings. The number of furan rings is 1. The summed E-state index contributed by atoms with van der Waals surface area (Å²) >= 11 is 0. The van der Waals surface area contributed by atoms with Crippen LogP contribution in [-0.4, -0.2) is 46.0 Å². The SMILES string of the molecule is Cc1nc([C@H]2CCCN2CC(=O)N(C)Cc2ccco2)no1. The van der Waals surface area contributed by atoms with E-state index in [1.807, 2.05) is 12.1 Å².